The molecule has 0 spiro atoms. The summed E-state index contributed by atoms with van der Waals surface area (Å²) >= 11 is 0. The van der Waals surface area contributed by atoms with E-state index < -0.39 is 8.56 Å². The first kappa shape index (κ1) is 16.4. The van der Waals surface area contributed by atoms with Crippen molar-refractivity contribution in [3.05, 3.63) is 59.7 Å². The van der Waals surface area contributed by atoms with Crippen molar-refractivity contribution in [2.75, 3.05) is 14.2 Å². The fourth-order valence-corrected chi connectivity index (χ4v) is 7.45. The fourth-order valence-electron chi connectivity index (χ4n) is 3.92. The maximum absolute atomic E-state index is 6.15. The zero-order valence-electron chi connectivity index (χ0n) is 14.3. The summed E-state index contributed by atoms with van der Waals surface area (Å²) in [6.07, 6.45) is 3.62. The lowest BCUT2D eigenvalue weighted by atomic mass is 10.1. The molecule has 0 atom stereocenters. The molecule has 0 N–H and O–H groups in total. The van der Waals surface area contributed by atoms with Gasteiger partial charge in [-0.05, 0) is 28.3 Å². The summed E-state index contributed by atoms with van der Waals surface area (Å²) < 4.78 is 12.3. The Hall–Kier alpha value is -1.42. The largest absolute Gasteiger partial charge is 0.397 e. The van der Waals surface area contributed by atoms with Crippen LogP contribution in [0.2, 0.25) is 6.04 Å². The van der Waals surface area contributed by atoms with E-state index in [9.17, 15) is 0 Å². The van der Waals surface area contributed by atoms with E-state index in [4.69, 9.17) is 8.85 Å². The van der Waals surface area contributed by atoms with Crippen molar-refractivity contribution < 1.29 is 8.85 Å². The molecule has 2 aromatic carbocycles. The van der Waals surface area contributed by atoms with E-state index in [-0.39, 0.29) is 5.54 Å². The van der Waals surface area contributed by atoms with E-state index in [1.807, 2.05) is 14.2 Å². The van der Waals surface area contributed by atoms with Gasteiger partial charge in [0, 0.05) is 14.2 Å². The van der Waals surface area contributed by atoms with Gasteiger partial charge in [-0.2, -0.15) is 0 Å². The first-order chi connectivity index (χ1) is 11.3. The number of hydrogen-bond acceptors (Lipinski definition) is 2. The molecule has 3 heteroatoms. The molecule has 0 fully saturated rings. The molecular weight excluding hydrogens is 300 g/mol. The van der Waals surface area contributed by atoms with Crippen molar-refractivity contribution in [3.8, 4) is 11.1 Å². The molecule has 0 aliphatic heterocycles. The van der Waals surface area contributed by atoms with Gasteiger partial charge in [-0.1, -0.05) is 74.7 Å². The lowest BCUT2D eigenvalue weighted by Crippen LogP contribution is -2.46. The summed E-state index contributed by atoms with van der Waals surface area (Å²) in [7, 11) is 1.33. The van der Waals surface area contributed by atoms with Crippen LogP contribution in [0.5, 0.6) is 0 Å². The predicted octanol–water partition coefficient (Wildman–Crippen LogP) is 5.26. The average Bonchev–Trinajstić information content (AvgIpc) is 2.95. The molecule has 2 nitrogen and oxygen atoms in total. The Morgan fingerprint density at radius 3 is 1.83 bits per heavy atom. The van der Waals surface area contributed by atoms with Gasteiger partial charge in [-0.3, -0.25) is 0 Å². The van der Waals surface area contributed by atoms with E-state index in [0.29, 0.717) is 0 Å². The fraction of sp³-hybridized carbons (Fsp3) is 0.400. The third-order valence-corrected chi connectivity index (χ3v) is 9.03. The Kier molecular flexibility index (Phi) is 5.00. The number of hydrogen-bond donors (Lipinski definition) is 0. The van der Waals surface area contributed by atoms with Gasteiger partial charge in [-0.15, -0.1) is 0 Å². The van der Waals surface area contributed by atoms with Gasteiger partial charge in [-0.25, -0.2) is 0 Å². The molecule has 2 aromatic rings. The lowest BCUT2D eigenvalue weighted by molar-refractivity contribution is 0.233. The molecular formula is C20H26O2Si. The molecule has 0 aromatic heterocycles. The second kappa shape index (κ2) is 6.99. The molecule has 1 aliphatic carbocycles. The van der Waals surface area contributed by atoms with Gasteiger partial charge in [0.2, 0.25) is 0 Å². The van der Waals surface area contributed by atoms with Crippen LogP contribution in [0, 0.1) is 0 Å². The van der Waals surface area contributed by atoms with Crippen molar-refractivity contribution >= 4 is 8.56 Å². The average molecular weight is 327 g/mol. The smallest absolute Gasteiger partial charge is 0.349 e. The molecule has 0 bridgehead atoms. The Morgan fingerprint density at radius 1 is 0.826 bits per heavy atom. The van der Waals surface area contributed by atoms with Crippen LogP contribution in [0.1, 0.15) is 42.9 Å². The van der Waals surface area contributed by atoms with E-state index in [0.717, 1.165) is 6.04 Å². The predicted molar refractivity (Wildman–Crippen MR) is 97.8 cm³/mol. The lowest BCUT2D eigenvalue weighted by Gasteiger charge is -2.34. The molecule has 1 aliphatic rings. The minimum Gasteiger partial charge on any atom is -0.397 e. The zero-order chi connectivity index (χ0) is 16.3. The second-order valence-electron chi connectivity index (χ2n) is 6.28. The summed E-state index contributed by atoms with van der Waals surface area (Å²) in [5, 5.41) is 0. The minimum atomic E-state index is -2.35. The quantitative estimate of drug-likeness (QED) is 0.510. The van der Waals surface area contributed by atoms with Gasteiger partial charge in [0.1, 0.15) is 0 Å². The summed E-state index contributed by atoms with van der Waals surface area (Å²) in [6.45, 7) is 2.24. The highest BCUT2D eigenvalue weighted by molar-refractivity contribution is 6.70. The van der Waals surface area contributed by atoms with Gasteiger partial charge >= 0.3 is 8.56 Å². The molecule has 0 saturated carbocycles. The summed E-state index contributed by atoms with van der Waals surface area (Å²) in [5.74, 6) is 0. The number of benzene rings is 2. The van der Waals surface area contributed by atoms with Crippen molar-refractivity contribution in [1.82, 2.24) is 0 Å². The highest BCUT2D eigenvalue weighted by atomic mass is 28.4. The van der Waals surface area contributed by atoms with Gasteiger partial charge < -0.3 is 8.85 Å². The first-order valence-corrected chi connectivity index (χ1v) is 10.7. The first-order valence-electron chi connectivity index (χ1n) is 8.56. The van der Waals surface area contributed by atoms with Crippen LogP contribution in [-0.2, 0) is 8.85 Å². The molecule has 0 saturated heterocycles. The maximum atomic E-state index is 6.15. The third-order valence-electron chi connectivity index (χ3n) is 5.09. The van der Waals surface area contributed by atoms with E-state index in [1.54, 1.807) is 0 Å². The second-order valence-corrected chi connectivity index (χ2v) is 9.80. The van der Waals surface area contributed by atoms with Gasteiger partial charge in [0.25, 0.3) is 0 Å². The van der Waals surface area contributed by atoms with E-state index in [2.05, 4.69) is 55.5 Å². The van der Waals surface area contributed by atoms with Crippen LogP contribution < -0.4 is 0 Å². The standard InChI is InChI=1S/C20H26O2Si/c1-4-5-10-15-23(21-2,22-3)20-18-13-8-6-11-16(18)17-12-7-9-14-19(17)20/h6-9,11-14,20H,4-5,10,15H2,1-3H3. The van der Waals surface area contributed by atoms with Gasteiger partial charge in [0.15, 0.2) is 0 Å². The Bertz CT molecular complexity index is 619. The van der Waals surface area contributed by atoms with Crippen LogP contribution in [0.3, 0.4) is 0 Å². The van der Waals surface area contributed by atoms with Crippen LogP contribution in [-0.4, -0.2) is 22.8 Å². The molecule has 23 heavy (non-hydrogen) atoms. The Balaban J connectivity index is 2.09. The van der Waals surface area contributed by atoms with Crippen molar-refractivity contribution in [2.45, 2.75) is 37.8 Å². The van der Waals surface area contributed by atoms with Crippen molar-refractivity contribution in [3.63, 3.8) is 0 Å². The SMILES string of the molecule is CCCCC[Si](OC)(OC)C1c2ccccc2-c2ccccc21. The highest BCUT2D eigenvalue weighted by Crippen LogP contribution is 2.50. The monoisotopic (exact) mass is 326 g/mol. The van der Waals surface area contributed by atoms with Crippen molar-refractivity contribution in [2.24, 2.45) is 0 Å². The van der Waals surface area contributed by atoms with E-state index in [1.165, 1.54) is 41.5 Å². The Morgan fingerprint density at radius 2 is 1.35 bits per heavy atom. The summed E-state index contributed by atoms with van der Waals surface area (Å²) in [5.41, 5.74) is 5.70. The third kappa shape index (κ3) is 2.78. The minimum absolute atomic E-state index is 0.266. The molecule has 0 radical (unpaired) electrons. The number of unbranched alkanes of at least 4 members (excludes halogenated alkanes) is 2. The van der Waals surface area contributed by atoms with Crippen LogP contribution in [0.15, 0.2) is 48.5 Å². The highest BCUT2D eigenvalue weighted by Gasteiger charge is 2.49. The molecule has 0 unspecified atom stereocenters. The van der Waals surface area contributed by atoms with E-state index >= 15 is 0 Å². The summed E-state index contributed by atoms with van der Waals surface area (Å²) in [6, 6.07) is 18.5. The summed E-state index contributed by atoms with van der Waals surface area (Å²) in [4.78, 5) is 0. The molecule has 3 rings (SSSR count). The zero-order valence-corrected chi connectivity index (χ0v) is 15.3. The number of rotatable bonds is 7. The molecule has 0 heterocycles. The van der Waals surface area contributed by atoms with Gasteiger partial charge in [0.05, 0.1) is 5.54 Å². The van der Waals surface area contributed by atoms with Crippen LogP contribution in [0.25, 0.3) is 11.1 Å². The normalized spacial score (nSPS) is 13.9. The van der Waals surface area contributed by atoms with Crippen LogP contribution in [0.4, 0.5) is 0 Å². The topological polar surface area (TPSA) is 18.5 Å². The molecule has 0 amide bonds. The van der Waals surface area contributed by atoms with Crippen LogP contribution >= 0.6 is 0 Å². The maximum Gasteiger partial charge on any atom is 0.349 e. The van der Waals surface area contributed by atoms with Crippen molar-refractivity contribution in [1.29, 1.82) is 0 Å². The Labute approximate surface area is 140 Å². The molecule has 122 valence electrons. The number of fused-ring (bicyclic) bond motifs is 3.